The van der Waals surface area contributed by atoms with Crippen molar-refractivity contribution in [2.75, 3.05) is 0 Å². The number of nitrogens with one attached hydrogen (secondary N) is 1. The van der Waals surface area contributed by atoms with Crippen molar-refractivity contribution in [3.63, 3.8) is 0 Å². The first kappa shape index (κ1) is 12.4. The van der Waals surface area contributed by atoms with E-state index < -0.39 is 0 Å². The van der Waals surface area contributed by atoms with Crippen LogP contribution in [0.3, 0.4) is 0 Å². The number of H-pyrrole nitrogens is 1. The lowest BCUT2D eigenvalue weighted by Gasteiger charge is -2.07. The fourth-order valence-electron chi connectivity index (χ4n) is 2.05. The summed E-state index contributed by atoms with van der Waals surface area (Å²) < 4.78 is 0. The van der Waals surface area contributed by atoms with Crippen molar-refractivity contribution in [2.24, 2.45) is 0 Å². The summed E-state index contributed by atoms with van der Waals surface area (Å²) in [6.07, 6.45) is 3.03. The van der Waals surface area contributed by atoms with Gasteiger partial charge >= 0.3 is 0 Å². The molecule has 18 heavy (non-hydrogen) atoms. The van der Waals surface area contributed by atoms with Crippen LogP contribution in [0, 0.1) is 32.1 Å². The molecular formula is C15H17N3. The maximum atomic E-state index is 8.57. The smallest absolute Gasteiger partial charge is 0.107 e. The fourth-order valence-corrected chi connectivity index (χ4v) is 2.05. The van der Waals surface area contributed by atoms with Crippen LogP contribution in [-0.4, -0.2) is 9.97 Å². The third-order valence-electron chi connectivity index (χ3n) is 3.23. The molecule has 0 spiro atoms. The average molecular weight is 239 g/mol. The monoisotopic (exact) mass is 239 g/mol. The lowest BCUT2D eigenvalue weighted by atomic mass is 9.99. The number of nitrogens with zero attached hydrogens (tertiary/aromatic N) is 2. The van der Waals surface area contributed by atoms with Crippen molar-refractivity contribution in [3.05, 3.63) is 40.8 Å². The van der Waals surface area contributed by atoms with Gasteiger partial charge in [0.2, 0.25) is 0 Å². The number of hydrogen-bond donors (Lipinski definition) is 1. The van der Waals surface area contributed by atoms with Crippen molar-refractivity contribution in [2.45, 2.75) is 33.6 Å². The predicted molar refractivity (Wildman–Crippen MR) is 72.2 cm³/mol. The first-order valence-corrected chi connectivity index (χ1v) is 6.11. The van der Waals surface area contributed by atoms with Gasteiger partial charge in [0.1, 0.15) is 5.82 Å². The van der Waals surface area contributed by atoms with Crippen LogP contribution in [0.4, 0.5) is 0 Å². The molecule has 0 bridgehead atoms. The molecule has 0 fully saturated rings. The number of benzene rings is 1. The summed E-state index contributed by atoms with van der Waals surface area (Å²) in [5.41, 5.74) is 6.05. The Bertz CT molecular complexity index is 603. The summed E-state index contributed by atoms with van der Waals surface area (Å²) in [5, 5.41) is 8.57. The molecule has 0 saturated heterocycles. The molecular weight excluding hydrogens is 222 g/mol. The zero-order valence-corrected chi connectivity index (χ0v) is 11.0. The van der Waals surface area contributed by atoms with E-state index in [9.17, 15) is 0 Å². The Morgan fingerprint density at radius 2 is 1.89 bits per heavy atom. The quantitative estimate of drug-likeness (QED) is 0.891. The minimum absolute atomic E-state index is 0.499. The largest absolute Gasteiger partial charge is 0.342 e. The van der Waals surface area contributed by atoms with Crippen LogP contribution in [-0.2, 0) is 6.42 Å². The number of aromatic amines is 1. The van der Waals surface area contributed by atoms with E-state index in [2.05, 4.69) is 48.9 Å². The minimum Gasteiger partial charge on any atom is -0.342 e. The number of imidazole rings is 1. The normalized spacial score (nSPS) is 10.3. The van der Waals surface area contributed by atoms with Crippen molar-refractivity contribution in [1.82, 2.24) is 9.97 Å². The number of aryl methyl sites for hydroxylation is 4. The van der Waals surface area contributed by atoms with Crippen LogP contribution in [0.1, 0.15) is 28.9 Å². The third-order valence-corrected chi connectivity index (χ3v) is 3.23. The first-order valence-electron chi connectivity index (χ1n) is 6.11. The molecule has 92 valence electrons. The molecule has 1 aromatic heterocycles. The molecule has 0 radical (unpaired) electrons. The first-order chi connectivity index (χ1) is 8.61. The van der Waals surface area contributed by atoms with Gasteiger partial charge in [-0.3, -0.25) is 0 Å². The second-order valence-electron chi connectivity index (χ2n) is 4.65. The Morgan fingerprint density at radius 1 is 1.17 bits per heavy atom. The van der Waals surface area contributed by atoms with Crippen LogP contribution in [0.2, 0.25) is 0 Å². The van der Waals surface area contributed by atoms with Gasteiger partial charge in [-0.25, -0.2) is 4.98 Å². The number of hydrogen-bond acceptors (Lipinski definition) is 2. The molecule has 2 aromatic rings. The van der Waals surface area contributed by atoms with Crippen molar-refractivity contribution in [3.8, 4) is 17.3 Å². The summed E-state index contributed by atoms with van der Waals surface area (Å²) in [5.74, 6) is 0.879. The Morgan fingerprint density at radius 3 is 2.61 bits per heavy atom. The zero-order valence-electron chi connectivity index (χ0n) is 11.0. The van der Waals surface area contributed by atoms with E-state index in [-0.39, 0.29) is 0 Å². The SMILES string of the molecule is Cc1cc(C)c(-c2cnc(CCC#N)[nH]2)cc1C. The topological polar surface area (TPSA) is 52.5 Å². The molecule has 0 aliphatic carbocycles. The van der Waals surface area contributed by atoms with E-state index in [0.29, 0.717) is 12.8 Å². The van der Waals surface area contributed by atoms with Crippen molar-refractivity contribution in [1.29, 1.82) is 5.26 Å². The average Bonchev–Trinajstić information content (AvgIpc) is 2.79. The van der Waals surface area contributed by atoms with Crippen LogP contribution in [0.25, 0.3) is 11.3 Å². The van der Waals surface area contributed by atoms with Gasteiger partial charge in [0.05, 0.1) is 18.0 Å². The van der Waals surface area contributed by atoms with Crippen molar-refractivity contribution >= 4 is 0 Å². The van der Waals surface area contributed by atoms with E-state index in [1.807, 2.05) is 6.20 Å². The van der Waals surface area contributed by atoms with Gasteiger partial charge in [-0.15, -0.1) is 0 Å². The Balaban J connectivity index is 2.34. The zero-order chi connectivity index (χ0) is 13.1. The van der Waals surface area contributed by atoms with Gasteiger partial charge < -0.3 is 4.98 Å². The molecule has 3 heteroatoms. The van der Waals surface area contributed by atoms with Crippen molar-refractivity contribution < 1.29 is 0 Å². The van der Waals surface area contributed by atoms with E-state index in [1.165, 1.54) is 22.3 Å². The van der Waals surface area contributed by atoms with E-state index in [0.717, 1.165) is 11.5 Å². The van der Waals surface area contributed by atoms with E-state index in [1.54, 1.807) is 0 Å². The Kier molecular flexibility index (Phi) is 3.47. The second kappa shape index (κ2) is 5.05. The van der Waals surface area contributed by atoms with Crippen LogP contribution < -0.4 is 0 Å². The third kappa shape index (κ3) is 2.43. The molecule has 1 N–H and O–H groups in total. The fraction of sp³-hybridized carbons (Fsp3) is 0.333. The Labute approximate surface area is 107 Å². The number of nitriles is 1. The second-order valence-corrected chi connectivity index (χ2v) is 4.65. The minimum atomic E-state index is 0.499. The van der Waals surface area contributed by atoms with E-state index >= 15 is 0 Å². The van der Waals surface area contributed by atoms with Gasteiger partial charge in [-0.05, 0) is 43.5 Å². The molecule has 0 aliphatic rings. The van der Waals surface area contributed by atoms with Crippen LogP contribution in [0.15, 0.2) is 18.3 Å². The molecule has 0 amide bonds. The van der Waals surface area contributed by atoms with Gasteiger partial charge in [0.25, 0.3) is 0 Å². The summed E-state index contributed by atoms with van der Waals surface area (Å²) in [4.78, 5) is 7.61. The highest BCUT2D eigenvalue weighted by molar-refractivity contribution is 5.65. The summed E-state index contributed by atoms with van der Waals surface area (Å²) in [6.45, 7) is 6.35. The number of aromatic nitrogens is 2. The summed E-state index contributed by atoms with van der Waals surface area (Å²) in [6, 6.07) is 6.51. The number of rotatable bonds is 3. The van der Waals surface area contributed by atoms with Crippen LogP contribution >= 0.6 is 0 Å². The van der Waals surface area contributed by atoms with E-state index in [4.69, 9.17) is 5.26 Å². The molecule has 3 nitrogen and oxygen atoms in total. The lowest BCUT2D eigenvalue weighted by Crippen LogP contribution is -1.90. The molecule has 0 saturated carbocycles. The molecule has 1 heterocycles. The van der Waals surface area contributed by atoms with Crippen LogP contribution in [0.5, 0.6) is 0 Å². The maximum absolute atomic E-state index is 8.57. The predicted octanol–water partition coefficient (Wildman–Crippen LogP) is 3.46. The molecule has 2 rings (SSSR count). The molecule has 0 aliphatic heterocycles. The van der Waals surface area contributed by atoms with Gasteiger partial charge in [-0.1, -0.05) is 6.07 Å². The highest BCUT2D eigenvalue weighted by Gasteiger charge is 2.07. The summed E-state index contributed by atoms with van der Waals surface area (Å²) in [7, 11) is 0. The maximum Gasteiger partial charge on any atom is 0.107 e. The lowest BCUT2D eigenvalue weighted by molar-refractivity contribution is 0.918. The van der Waals surface area contributed by atoms with Gasteiger partial charge in [0, 0.05) is 18.4 Å². The highest BCUT2D eigenvalue weighted by atomic mass is 14.9. The van der Waals surface area contributed by atoms with Gasteiger partial charge in [0.15, 0.2) is 0 Å². The highest BCUT2D eigenvalue weighted by Crippen LogP contribution is 2.25. The molecule has 0 atom stereocenters. The standard InChI is InChI=1S/C15H17N3/c1-10-7-12(3)13(8-11(10)2)14-9-17-15(18-14)5-4-6-16/h7-9H,4-5H2,1-3H3,(H,17,18). The summed E-state index contributed by atoms with van der Waals surface area (Å²) >= 11 is 0. The van der Waals surface area contributed by atoms with Gasteiger partial charge in [-0.2, -0.15) is 5.26 Å². The Hall–Kier alpha value is -2.08. The molecule has 0 unspecified atom stereocenters. The molecule has 1 aromatic carbocycles.